The van der Waals surface area contributed by atoms with Gasteiger partial charge in [-0.1, -0.05) is 0 Å². The van der Waals surface area contributed by atoms with Crippen molar-refractivity contribution in [3.63, 3.8) is 0 Å². The van der Waals surface area contributed by atoms with Crippen molar-refractivity contribution in [2.75, 3.05) is 0 Å². The molecule has 0 spiro atoms. The van der Waals surface area contributed by atoms with Crippen LogP contribution in [0.5, 0.6) is 11.5 Å². The number of phenols is 2. The molecule has 12 heavy (non-hydrogen) atoms. The Morgan fingerprint density at radius 1 is 1.33 bits per heavy atom. The molecule has 0 saturated heterocycles. The number of rotatable bonds is 1. The van der Waals surface area contributed by atoms with Gasteiger partial charge >= 0.3 is 0 Å². The second-order valence-corrected chi connectivity index (χ2v) is 2.35. The summed E-state index contributed by atoms with van der Waals surface area (Å²) in [6.07, 6.45) is 0. The van der Waals surface area contributed by atoms with Gasteiger partial charge in [-0.3, -0.25) is 4.79 Å². The van der Waals surface area contributed by atoms with Crippen LogP contribution in [0.4, 0.5) is 4.39 Å². The van der Waals surface area contributed by atoms with Crippen LogP contribution >= 0.6 is 0 Å². The normalized spacial score (nSPS) is 9.83. The van der Waals surface area contributed by atoms with Gasteiger partial charge in [0, 0.05) is 0 Å². The average molecular weight is 170 g/mol. The van der Waals surface area contributed by atoms with Crippen molar-refractivity contribution < 1.29 is 19.4 Å². The fourth-order valence-corrected chi connectivity index (χ4v) is 0.890. The lowest BCUT2D eigenvalue weighted by Crippen LogP contribution is -1.97. The van der Waals surface area contributed by atoms with E-state index in [-0.39, 0.29) is 0 Å². The highest BCUT2D eigenvalue weighted by atomic mass is 19.1. The van der Waals surface area contributed by atoms with Gasteiger partial charge in [-0.2, -0.15) is 0 Å². The molecule has 0 unspecified atom stereocenters. The molecule has 3 nitrogen and oxygen atoms in total. The lowest BCUT2D eigenvalue weighted by Gasteiger charge is -2.02. The van der Waals surface area contributed by atoms with E-state index in [4.69, 9.17) is 10.2 Å². The van der Waals surface area contributed by atoms with Crippen LogP contribution in [0.2, 0.25) is 0 Å². The number of hydrogen-bond acceptors (Lipinski definition) is 3. The SMILES string of the molecule is CC(=O)c1c(O)ccc(O)c1F. The van der Waals surface area contributed by atoms with Crippen LogP contribution in [0.15, 0.2) is 12.1 Å². The van der Waals surface area contributed by atoms with Crippen molar-refractivity contribution in [3.05, 3.63) is 23.5 Å². The van der Waals surface area contributed by atoms with Gasteiger partial charge in [-0.25, -0.2) is 4.39 Å². The van der Waals surface area contributed by atoms with Crippen LogP contribution < -0.4 is 0 Å². The van der Waals surface area contributed by atoms with Crippen molar-refractivity contribution in [1.29, 1.82) is 0 Å². The summed E-state index contributed by atoms with van der Waals surface area (Å²) in [4.78, 5) is 10.7. The number of benzene rings is 1. The summed E-state index contributed by atoms with van der Waals surface area (Å²) in [6, 6.07) is 2.05. The summed E-state index contributed by atoms with van der Waals surface area (Å²) < 4.78 is 12.9. The lowest BCUT2D eigenvalue weighted by atomic mass is 10.1. The summed E-state index contributed by atoms with van der Waals surface area (Å²) in [5, 5.41) is 17.8. The van der Waals surface area contributed by atoms with Gasteiger partial charge < -0.3 is 10.2 Å². The van der Waals surface area contributed by atoms with Crippen LogP contribution in [0.3, 0.4) is 0 Å². The maximum atomic E-state index is 12.9. The predicted octanol–water partition coefficient (Wildman–Crippen LogP) is 1.44. The monoisotopic (exact) mass is 170 g/mol. The first kappa shape index (κ1) is 8.52. The van der Waals surface area contributed by atoms with E-state index in [0.29, 0.717) is 0 Å². The first-order valence-corrected chi connectivity index (χ1v) is 3.25. The molecular formula is C8H7FO3. The number of halogens is 1. The van der Waals surface area contributed by atoms with Crippen molar-refractivity contribution >= 4 is 5.78 Å². The van der Waals surface area contributed by atoms with E-state index in [1.807, 2.05) is 0 Å². The van der Waals surface area contributed by atoms with E-state index < -0.39 is 28.7 Å². The number of aromatic hydroxyl groups is 2. The van der Waals surface area contributed by atoms with Crippen LogP contribution in [0, 0.1) is 5.82 Å². The Bertz CT molecular complexity index is 333. The highest BCUT2D eigenvalue weighted by Crippen LogP contribution is 2.27. The lowest BCUT2D eigenvalue weighted by molar-refractivity contribution is 0.101. The zero-order valence-corrected chi connectivity index (χ0v) is 6.34. The van der Waals surface area contributed by atoms with E-state index in [0.717, 1.165) is 19.1 Å². The Morgan fingerprint density at radius 2 is 1.83 bits per heavy atom. The third kappa shape index (κ3) is 1.23. The Kier molecular flexibility index (Phi) is 1.99. The largest absolute Gasteiger partial charge is 0.507 e. The molecule has 0 saturated carbocycles. The van der Waals surface area contributed by atoms with Crippen LogP contribution in [-0.4, -0.2) is 16.0 Å². The maximum Gasteiger partial charge on any atom is 0.179 e. The quantitative estimate of drug-likeness (QED) is 0.495. The minimum atomic E-state index is -1.08. The molecule has 0 aliphatic carbocycles. The van der Waals surface area contributed by atoms with Gasteiger partial charge in [0.05, 0.1) is 5.56 Å². The molecule has 0 heterocycles. The highest BCUT2D eigenvalue weighted by Gasteiger charge is 2.15. The van der Waals surface area contributed by atoms with Gasteiger partial charge in [0.2, 0.25) is 0 Å². The molecule has 1 rings (SSSR count). The molecule has 2 N–H and O–H groups in total. The molecule has 1 aromatic carbocycles. The Morgan fingerprint density at radius 3 is 2.25 bits per heavy atom. The molecule has 0 aromatic heterocycles. The summed E-state index contributed by atoms with van der Waals surface area (Å²) in [5.74, 6) is -2.81. The number of hydrogen-bond donors (Lipinski definition) is 2. The Hall–Kier alpha value is -1.58. The number of carbonyl (C=O) groups excluding carboxylic acids is 1. The fraction of sp³-hybridized carbons (Fsp3) is 0.125. The minimum Gasteiger partial charge on any atom is -0.507 e. The molecule has 0 bridgehead atoms. The molecule has 64 valence electrons. The van der Waals surface area contributed by atoms with E-state index >= 15 is 0 Å². The van der Waals surface area contributed by atoms with Crippen molar-refractivity contribution in [1.82, 2.24) is 0 Å². The smallest absolute Gasteiger partial charge is 0.179 e. The Labute approximate surface area is 68.1 Å². The van der Waals surface area contributed by atoms with Gasteiger partial charge in [-0.05, 0) is 19.1 Å². The number of ketones is 1. The summed E-state index contributed by atoms with van der Waals surface area (Å²) in [7, 11) is 0. The molecule has 0 fully saturated rings. The van der Waals surface area contributed by atoms with Crippen LogP contribution in [0.1, 0.15) is 17.3 Å². The molecule has 0 aliphatic rings. The number of phenolic OH excluding ortho intramolecular Hbond substituents is 2. The van der Waals surface area contributed by atoms with Gasteiger partial charge in [0.1, 0.15) is 5.75 Å². The molecule has 0 radical (unpaired) electrons. The Balaban J connectivity index is 3.43. The van der Waals surface area contributed by atoms with Gasteiger partial charge in [-0.15, -0.1) is 0 Å². The summed E-state index contributed by atoms with van der Waals surface area (Å²) >= 11 is 0. The van der Waals surface area contributed by atoms with Crippen LogP contribution in [-0.2, 0) is 0 Å². The van der Waals surface area contributed by atoms with Gasteiger partial charge in [0.15, 0.2) is 17.3 Å². The van der Waals surface area contributed by atoms with Crippen molar-refractivity contribution in [2.24, 2.45) is 0 Å². The third-order valence-electron chi connectivity index (χ3n) is 1.45. The molecule has 0 aliphatic heterocycles. The first-order valence-electron chi connectivity index (χ1n) is 3.25. The zero-order valence-electron chi connectivity index (χ0n) is 6.34. The standard InChI is InChI=1S/C8H7FO3/c1-4(10)7-5(11)2-3-6(12)8(7)9/h2-3,11-12H,1H3. The summed E-state index contributed by atoms with van der Waals surface area (Å²) in [5.41, 5.74) is -0.477. The van der Waals surface area contributed by atoms with E-state index in [9.17, 15) is 9.18 Å². The zero-order chi connectivity index (χ0) is 9.30. The molecule has 4 heteroatoms. The molecule has 0 atom stereocenters. The average Bonchev–Trinajstić information content (AvgIpc) is 1.97. The fourth-order valence-electron chi connectivity index (χ4n) is 0.890. The van der Waals surface area contributed by atoms with E-state index in [1.165, 1.54) is 0 Å². The maximum absolute atomic E-state index is 12.9. The van der Waals surface area contributed by atoms with Crippen LogP contribution in [0.25, 0.3) is 0 Å². The van der Waals surface area contributed by atoms with E-state index in [2.05, 4.69) is 0 Å². The molecular weight excluding hydrogens is 163 g/mol. The number of carbonyl (C=O) groups is 1. The second-order valence-electron chi connectivity index (χ2n) is 2.35. The molecule has 0 amide bonds. The minimum absolute atomic E-state index is 0.460. The number of Topliss-reactive ketones (excluding diaryl/α,β-unsaturated/α-hetero) is 1. The van der Waals surface area contributed by atoms with E-state index in [1.54, 1.807) is 0 Å². The second kappa shape index (κ2) is 2.81. The van der Waals surface area contributed by atoms with Gasteiger partial charge in [0.25, 0.3) is 0 Å². The third-order valence-corrected chi connectivity index (χ3v) is 1.45. The highest BCUT2D eigenvalue weighted by molar-refractivity contribution is 5.97. The van der Waals surface area contributed by atoms with Crippen molar-refractivity contribution in [2.45, 2.75) is 6.92 Å². The van der Waals surface area contributed by atoms with Crippen molar-refractivity contribution in [3.8, 4) is 11.5 Å². The summed E-state index contributed by atoms with van der Waals surface area (Å²) in [6.45, 7) is 1.11. The topological polar surface area (TPSA) is 57.5 Å². The molecule has 1 aromatic rings. The predicted molar refractivity (Wildman–Crippen MR) is 39.7 cm³/mol. The first-order chi connectivity index (χ1) is 5.54.